The fraction of sp³-hybridized carbons (Fsp3) is 0.321. The van der Waals surface area contributed by atoms with Crippen molar-refractivity contribution >= 4 is 11.6 Å². The number of piperidine rings is 1. The van der Waals surface area contributed by atoms with Crippen LogP contribution in [0.2, 0.25) is 0 Å². The first kappa shape index (κ1) is 23.0. The lowest BCUT2D eigenvalue weighted by atomic mass is 9.73. The molecular formula is C28H29FN4O2. The number of nitrogens with zero attached hydrogens (tertiary/aromatic N) is 4. The minimum absolute atomic E-state index is 0.0433. The van der Waals surface area contributed by atoms with E-state index in [0.29, 0.717) is 30.8 Å². The van der Waals surface area contributed by atoms with Gasteiger partial charge in [0.1, 0.15) is 11.6 Å². The minimum atomic E-state index is -0.741. The highest BCUT2D eigenvalue weighted by atomic mass is 19.1. The fourth-order valence-corrected chi connectivity index (χ4v) is 5.24. The number of amides is 1. The Morgan fingerprint density at radius 3 is 2.66 bits per heavy atom. The first-order valence-corrected chi connectivity index (χ1v) is 11.9. The minimum Gasteiger partial charge on any atom is -0.495 e. The summed E-state index contributed by atoms with van der Waals surface area (Å²) in [7, 11) is 1.64. The Kier molecular flexibility index (Phi) is 5.79. The predicted octanol–water partition coefficient (Wildman–Crippen LogP) is 5.40. The Balaban J connectivity index is 1.41. The highest BCUT2D eigenvalue weighted by Crippen LogP contribution is 2.48. The molecule has 0 N–H and O–H groups in total. The van der Waals surface area contributed by atoms with E-state index in [1.165, 1.54) is 12.1 Å². The van der Waals surface area contributed by atoms with Gasteiger partial charge in [-0.25, -0.2) is 9.37 Å². The monoisotopic (exact) mass is 472 g/mol. The Morgan fingerprint density at radius 1 is 1.20 bits per heavy atom. The third kappa shape index (κ3) is 3.95. The van der Waals surface area contributed by atoms with E-state index < -0.39 is 5.41 Å². The van der Waals surface area contributed by atoms with Crippen LogP contribution in [0, 0.1) is 18.2 Å². The zero-order chi connectivity index (χ0) is 24.7. The first-order chi connectivity index (χ1) is 16.8. The van der Waals surface area contributed by atoms with Crippen molar-refractivity contribution < 1.29 is 13.9 Å². The van der Waals surface area contributed by atoms with Crippen LogP contribution in [0.3, 0.4) is 0 Å². The van der Waals surface area contributed by atoms with Gasteiger partial charge >= 0.3 is 0 Å². The van der Waals surface area contributed by atoms with E-state index in [9.17, 15) is 9.18 Å². The number of imidazole rings is 1. The van der Waals surface area contributed by atoms with Gasteiger partial charge in [0, 0.05) is 30.6 Å². The number of benzene rings is 2. The van der Waals surface area contributed by atoms with E-state index in [1.807, 2.05) is 47.7 Å². The van der Waals surface area contributed by atoms with Gasteiger partial charge in [0.05, 0.1) is 36.3 Å². The molecular weight excluding hydrogens is 443 g/mol. The van der Waals surface area contributed by atoms with Crippen LogP contribution in [0.1, 0.15) is 49.0 Å². The van der Waals surface area contributed by atoms with E-state index in [4.69, 9.17) is 9.73 Å². The van der Waals surface area contributed by atoms with Gasteiger partial charge < -0.3 is 14.2 Å². The largest absolute Gasteiger partial charge is 0.495 e. The lowest BCUT2D eigenvalue weighted by Gasteiger charge is -2.42. The Hall–Kier alpha value is -3.74. The average Bonchev–Trinajstić information content (AvgIpc) is 3.44. The third-order valence-electron chi connectivity index (χ3n) is 7.29. The van der Waals surface area contributed by atoms with Crippen molar-refractivity contribution in [2.24, 2.45) is 10.4 Å². The number of hydrogen-bond donors (Lipinski definition) is 0. The van der Waals surface area contributed by atoms with Crippen LogP contribution in [-0.2, 0) is 4.79 Å². The summed E-state index contributed by atoms with van der Waals surface area (Å²) >= 11 is 0. The van der Waals surface area contributed by atoms with Gasteiger partial charge in [-0.05, 0) is 62.1 Å². The van der Waals surface area contributed by atoms with Gasteiger partial charge in [-0.1, -0.05) is 24.8 Å². The molecule has 1 fully saturated rings. The highest BCUT2D eigenvalue weighted by Gasteiger charge is 2.51. The molecule has 180 valence electrons. The quantitative estimate of drug-likeness (QED) is 0.499. The van der Waals surface area contributed by atoms with Gasteiger partial charge in [0.2, 0.25) is 5.91 Å². The normalized spacial score (nSPS) is 20.9. The van der Waals surface area contributed by atoms with Crippen LogP contribution in [0.5, 0.6) is 5.75 Å². The maximum Gasteiger partial charge on any atom is 0.235 e. The molecule has 1 saturated heterocycles. The van der Waals surface area contributed by atoms with E-state index in [2.05, 4.69) is 11.6 Å². The second-order valence-electron chi connectivity index (χ2n) is 9.40. The van der Waals surface area contributed by atoms with Crippen molar-refractivity contribution in [1.29, 1.82) is 0 Å². The van der Waals surface area contributed by atoms with Gasteiger partial charge in [-0.15, -0.1) is 0 Å². The van der Waals surface area contributed by atoms with Gasteiger partial charge in [0.25, 0.3) is 0 Å². The maximum absolute atomic E-state index is 13.9. The van der Waals surface area contributed by atoms with Crippen molar-refractivity contribution in [2.75, 3.05) is 13.7 Å². The van der Waals surface area contributed by atoms with Crippen LogP contribution in [0.4, 0.5) is 4.39 Å². The summed E-state index contributed by atoms with van der Waals surface area (Å²) in [6, 6.07) is 12.2. The Bertz CT molecular complexity index is 1330. The van der Waals surface area contributed by atoms with E-state index in [0.717, 1.165) is 34.6 Å². The Labute approximate surface area is 204 Å². The van der Waals surface area contributed by atoms with Crippen LogP contribution >= 0.6 is 0 Å². The van der Waals surface area contributed by atoms with Crippen molar-refractivity contribution in [1.82, 2.24) is 14.5 Å². The molecule has 2 aliphatic heterocycles. The molecule has 35 heavy (non-hydrogen) atoms. The van der Waals surface area contributed by atoms with Gasteiger partial charge in [-0.3, -0.25) is 9.79 Å². The molecule has 7 heteroatoms. The first-order valence-electron chi connectivity index (χ1n) is 11.9. The van der Waals surface area contributed by atoms with Crippen molar-refractivity contribution in [3.63, 3.8) is 0 Å². The topological polar surface area (TPSA) is 59.7 Å². The summed E-state index contributed by atoms with van der Waals surface area (Å²) in [5, 5.41) is 0. The summed E-state index contributed by atoms with van der Waals surface area (Å²) in [6.07, 6.45) is 5.78. The molecule has 1 aromatic heterocycles. The molecule has 2 atom stereocenters. The third-order valence-corrected chi connectivity index (χ3v) is 7.29. The number of carbonyl (C=O) groups is 1. The number of ether oxygens (including phenoxy) is 1. The average molecular weight is 473 g/mol. The number of likely N-dealkylation sites (tertiary alicyclic amines) is 1. The van der Waals surface area contributed by atoms with E-state index in [1.54, 1.807) is 25.6 Å². The van der Waals surface area contributed by atoms with Gasteiger partial charge in [-0.2, -0.15) is 0 Å². The molecule has 2 aromatic carbocycles. The molecule has 2 aliphatic rings. The molecule has 0 saturated carbocycles. The molecule has 5 rings (SSSR count). The predicted molar refractivity (Wildman–Crippen MR) is 133 cm³/mol. The lowest BCUT2D eigenvalue weighted by molar-refractivity contribution is -0.145. The number of aliphatic imine (C=N–C) groups is 1. The van der Waals surface area contributed by atoms with Crippen molar-refractivity contribution in [3.8, 4) is 11.4 Å². The zero-order valence-corrected chi connectivity index (χ0v) is 20.3. The molecule has 3 heterocycles. The number of halogens is 1. The SMILES string of the molecule is C=C1N=C(c2ccc(-n3cnc(C)c3)c(OC)c2)CC12CCCN(C(C)c1ccc(F)cc1)C2=O. The molecule has 3 aromatic rings. The molecule has 0 aliphatic carbocycles. The summed E-state index contributed by atoms with van der Waals surface area (Å²) < 4.78 is 21.0. The van der Waals surface area contributed by atoms with Crippen LogP contribution in [0.25, 0.3) is 5.69 Å². The molecule has 6 nitrogen and oxygen atoms in total. The van der Waals surface area contributed by atoms with Crippen LogP contribution in [-0.4, -0.2) is 39.7 Å². The van der Waals surface area contributed by atoms with Crippen molar-refractivity contribution in [3.05, 3.63) is 89.9 Å². The lowest BCUT2D eigenvalue weighted by Crippen LogP contribution is -2.49. The van der Waals surface area contributed by atoms with Crippen LogP contribution in [0.15, 0.2) is 72.3 Å². The van der Waals surface area contributed by atoms with E-state index in [-0.39, 0.29) is 17.8 Å². The van der Waals surface area contributed by atoms with Crippen LogP contribution < -0.4 is 4.74 Å². The van der Waals surface area contributed by atoms with Crippen molar-refractivity contribution in [2.45, 2.75) is 39.2 Å². The van der Waals surface area contributed by atoms with E-state index >= 15 is 0 Å². The second kappa shape index (κ2) is 8.80. The number of hydrogen-bond acceptors (Lipinski definition) is 4. The number of aryl methyl sites for hydroxylation is 1. The molecule has 1 amide bonds. The summed E-state index contributed by atoms with van der Waals surface area (Å²) in [5.41, 5.74) is 4.35. The fourth-order valence-electron chi connectivity index (χ4n) is 5.24. The molecule has 0 bridgehead atoms. The molecule has 0 radical (unpaired) electrons. The smallest absolute Gasteiger partial charge is 0.235 e. The summed E-state index contributed by atoms with van der Waals surface area (Å²) in [6.45, 7) is 8.81. The maximum atomic E-state index is 13.9. The summed E-state index contributed by atoms with van der Waals surface area (Å²) in [5.74, 6) is 0.465. The summed E-state index contributed by atoms with van der Waals surface area (Å²) in [4.78, 5) is 24.9. The highest BCUT2D eigenvalue weighted by molar-refractivity contribution is 6.08. The number of aromatic nitrogens is 2. The zero-order valence-electron chi connectivity index (χ0n) is 20.3. The molecule has 2 unspecified atom stereocenters. The standard InChI is InChI=1S/C28H29FN4O2/c1-18-16-32(17-30-18)25-11-8-22(14-26(25)35-4)24-15-28(20(3)31-24)12-5-13-33(27(28)34)19(2)21-6-9-23(29)10-7-21/h6-11,14,16-17,19H,3,5,12-13,15H2,1-2,4H3. The second-order valence-corrected chi connectivity index (χ2v) is 9.40. The Morgan fingerprint density at radius 2 is 1.97 bits per heavy atom. The number of rotatable bonds is 5. The number of methoxy groups -OCH3 is 1. The number of carbonyl (C=O) groups excluding carboxylic acids is 1. The van der Waals surface area contributed by atoms with Gasteiger partial charge in [0.15, 0.2) is 0 Å². The molecule has 1 spiro atoms.